The number of amides is 1. The molecule has 1 rings (SSSR count). The summed E-state index contributed by atoms with van der Waals surface area (Å²) in [4.78, 5) is 13.4. The Bertz CT molecular complexity index is 418. The van der Waals surface area contributed by atoms with Crippen LogP contribution in [0.25, 0.3) is 0 Å². The number of benzene rings is 1. The number of nitrogens with two attached hydrogens (primary N) is 1. The third-order valence-corrected chi connectivity index (χ3v) is 3.13. The van der Waals surface area contributed by atoms with Crippen LogP contribution in [0.5, 0.6) is 0 Å². The maximum absolute atomic E-state index is 11.7. The molecule has 138 valence electrons. The molecule has 24 heavy (non-hydrogen) atoms. The largest absolute Gasteiger partial charge is 0.351 e. The molecular weight excluding hydrogens is 304 g/mol. The fraction of sp³-hybridized carbons (Fsp3) is 0.632. The molecule has 0 atom stereocenters. The van der Waals surface area contributed by atoms with E-state index in [1.54, 1.807) is 4.90 Å². The molecule has 0 spiro atoms. The lowest BCUT2D eigenvalue weighted by molar-refractivity contribution is -0.158. The summed E-state index contributed by atoms with van der Waals surface area (Å²) in [5, 5.41) is 0. The highest BCUT2D eigenvalue weighted by molar-refractivity contribution is 5.78. The third kappa shape index (κ3) is 11.2. The SMILES string of the molecule is CCOC(CN(CC(C)C)C(=O)CN)OCC.Cc1ccccc1. The molecule has 0 saturated heterocycles. The molecule has 1 aromatic rings. The highest BCUT2D eigenvalue weighted by Gasteiger charge is 2.19. The van der Waals surface area contributed by atoms with Gasteiger partial charge < -0.3 is 20.1 Å². The normalized spacial score (nSPS) is 10.5. The van der Waals surface area contributed by atoms with Gasteiger partial charge in [-0.05, 0) is 26.7 Å². The summed E-state index contributed by atoms with van der Waals surface area (Å²) in [6.45, 7) is 12.3. The van der Waals surface area contributed by atoms with Crippen LogP contribution in [-0.2, 0) is 14.3 Å². The van der Waals surface area contributed by atoms with Crippen LogP contribution in [0.4, 0.5) is 0 Å². The minimum atomic E-state index is -0.362. The van der Waals surface area contributed by atoms with E-state index in [4.69, 9.17) is 15.2 Å². The van der Waals surface area contributed by atoms with Crippen LogP contribution in [-0.4, -0.2) is 49.9 Å². The zero-order chi connectivity index (χ0) is 18.4. The van der Waals surface area contributed by atoms with Crippen LogP contribution in [0.3, 0.4) is 0 Å². The number of nitrogens with zero attached hydrogens (tertiary/aromatic N) is 1. The number of carbonyl (C=O) groups is 1. The van der Waals surface area contributed by atoms with E-state index in [1.807, 2.05) is 32.0 Å². The van der Waals surface area contributed by atoms with Crippen molar-refractivity contribution in [3.63, 3.8) is 0 Å². The Kier molecular flexibility index (Phi) is 13.1. The molecule has 0 aliphatic heterocycles. The molecule has 2 N–H and O–H groups in total. The van der Waals surface area contributed by atoms with Crippen molar-refractivity contribution in [3.05, 3.63) is 35.9 Å². The summed E-state index contributed by atoms with van der Waals surface area (Å²) in [5.41, 5.74) is 6.72. The van der Waals surface area contributed by atoms with Gasteiger partial charge in [0, 0.05) is 19.8 Å². The quantitative estimate of drug-likeness (QED) is 0.703. The zero-order valence-corrected chi connectivity index (χ0v) is 15.8. The average molecular weight is 338 g/mol. The monoisotopic (exact) mass is 338 g/mol. The molecule has 5 heteroatoms. The number of hydrogen-bond acceptors (Lipinski definition) is 4. The van der Waals surface area contributed by atoms with E-state index < -0.39 is 0 Å². The summed E-state index contributed by atoms with van der Waals surface area (Å²) in [7, 11) is 0. The Morgan fingerprint density at radius 1 is 1.08 bits per heavy atom. The molecule has 0 aliphatic carbocycles. The standard InChI is InChI=1S/C12H26N2O3.C7H8/c1-5-16-12(17-6-2)9-14(8-10(3)4)11(15)7-13;1-7-5-3-2-4-6-7/h10,12H,5-9,13H2,1-4H3;2-6H,1H3. The highest BCUT2D eigenvalue weighted by atomic mass is 16.7. The Morgan fingerprint density at radius 2 is 1.62 bits per heavy atom. The Balaban J connectivity index is 0.000000620. The first-order valence-corrected chi connectivity index (χ1v) is 8.67. The van der Waals surface area contributed by atoms with Gasteiger partial charge in [-0.15, -0.1) is 0 Å². The van der Waals surface area contributed by atoms with E-state index in [0.717, 1.165) is 0 Å². The summed E-state index contributed by atoms with van der Waals surface area (Å²) in [6, 6.07) is 10.3. The Morgan fingerprint density at radius 3 is 1.96 bits per heavy atom. The van der Waals surface area contributed by atoms with Gasteiger partial charge in [0.2, 0.25) is 5.91 Å². The fourth-order valence-corrected chi connectivity index (χ4v) is 2.09. The fourth-order valence-electron chi connectivity index (χ4n) is 2.09. The molecule has 0 radical (unpaired) electrons. The predicted octanol–water partition coefficient (Wildman–Crippen LogP) is 2.82. The maximum Gasteiger partial charge on any atom is 0.236 e. The van der Waals surface area contributed by atoms with Gasteiger partial charge >= 0.3 is 0 Å². The number of rotatable bonds is 9. The smallest absolute Gasteiger partial charge is 0.236 e. The topological polar surface area (TPSA) is 64.8 Å². The zero-order valence-electron chi connectivity index (χ0n) is 15.8. The summed E-state index contributed by atoms with van der Waals surface area (Å²) in [6.07, 6.45) is -0.362. The number of aryl methyl sites for hydroxylation is 1. The van der Waals surface area contributed by atoms with Crippen LogP contribution < -0.4 is 5.73 Å². The van der Waals surface area contributed by atoms with E-state index in [2.05, 4.69) is 32.9 Å². The lowest BCUT2D eigenvalue weighted by atomic mass is 10.2. The van der Waals surface area contributed by atoms with Crippen molar-refractivity contribution in [1.29, 1.82) is 0 Å². The van der Waals surface area contributed by atoms with Crippen molar-refractivity contribution in [1.82, 2.24) is 4.90 Å². The highest BCUT2D eigenvalue weighted by Crippen LogP contribution is 2.04. The van der Waals surface area contributed by atoms with Crippen LogP contribution >= 0.6 is 0 Å². The molecule has 5 nitrogen and oxygen atoms in total. The second-order valence-corrected chi connectivity index (χ2v) is 5.89. The van der Waals surface area contributed by atoms with Gasteiger partial charge in [0.25, 0.3) is 0 Å². The molecule has 1 amide bonds. The number of hydrogen-bond donors (Lipinski definition) is 1. The Labute approximate surface area is 147 Å². The molecule has 0 fully saturated rings. The van der Waals surface area contributed by atoms with Crippen molar-refractivity contribution in [2.45, 2.75) is 40.9 Å². The van der Waals surface area contributed by atoms with Gasteiger partial charge in [-0.3, -0.25) is 4.79 Å². The minimum Gasteiger partial charge on any atom is -0.351 e. The molecular formula is C19H34N2O3. The Hall–Kier alpha value is -1.43. The first kappa shape index (κ1) is 22.6. The van der Waals surface area contributed by atoms with Crippen LogP contribution in [0.2, 0.25) is 0 Å². The molecule has 1 aromatic carbocycles. The van der Waals surface area contributed by atoms with Gasteiger partial charge in [0.15, 0.2) is 6.29 Å². The van der Waals surface area contributed by atoms with Crippen molar-refractivity contribution < 1.29 is 14.3 Å². The van der Waals surface area contributed by atoms with E-state index in [0.29, 0.717) is 32.2 Å². The minimum absolute atomic E-state index is 0.0255. The maximum atomic E-state index is 11.7. The van der Waals surface area contributed by atoms with Gasteiger partial charge in [-0.25, -0.2) is 0 Å². The second-order valence-electron chi connectivity index (χ2n) is 5.89. The molecule has 0 bridgehead atoms. The van der Waals surface area contributed by atoms with Gasteiger partial charge in [-0.2, -0.15) is 0 Å². The molecule has 0 heterocycles. The van der Waals surface area contributed by atoms with Crippen LogP contribution in [0.1, 0.15) is 33.3 Å². The van der Waals surface area contributed by atoms with Crippen molar-refractivity contribution in [2.75, 3.05) is 32.8 Å². The lowest BCUT2D eigenvalue weighted by Crippen LogP contribution is -2.44. The molecule has 0 saturated carbocycles. The van der Waals surface area contributed by atoms with Gasteiger partial charge in [-0.1, -0.05) is 49.7 Å². The van der Waals surface area contributed by atoms with Crippen molar-refractivity contribution >= 4 is 5.91 Å². The first-order valence-electron chi connectivity index (χ1n) is 8.67. The van der Waals surface area contributed by atoms with Crippen molar-refractivity contribution in [3.8, 4) is 0 Å². The number of ether oxygens (including phenoxy) is 2. The van der Waals surface area contributed by atoms with E-state index in [9.17, 15) is 4.79 Å². The van der Waals surface area contributed by atoms with Crippen molar-refractivity contribution in [2.24, 2.45) is 11.7 Å². The third-order valence-electron chi connectivity index (χ3n) is 3.13. The molecule has 0 aliphatic rings. The van der Waals surface area contributed by atoms with E-state index >= 15 is 0 Å². The summed E-state index contributed by atoms with van der Waals surface area (Å²) < 4.78 is 10.9. The van der Waals surface area contributed by atoms with Gasteiger partial charge in [0.1, 0.15) is 0 Å². The van der Waals surface area contributed by atoms with E-state index in [-0.39, 0.29) is 18.7 Å². The second kappa shape index (κ2) is 14.0. The van der Waals surface area contributed by atoms with Gasteiger partial charge in [0.05, 0.1) is 13.1 Å². The van der Waals surface area contributed by atoms with Crippen LogP contribution in [0.15, 0.2) is 30.3 Å². The lowest BCUT2D eigenvalue weighted by Gasteiger charge is -2.28. The summed E-state index contributed by atoms with van der Waals surface area (Å²) >= 11 is 0. The first-order chi connectivity index (χ1) is 11.4. The van der Waals surface area contributed by atoms with Crippen LogP contribution in [0, 0.1) is 12.8 Å². The van der Waals surface area contributed by atoms with E-state index in [1.165, 1.54) is 5.56 Å². The predicted molar refractivity (Wildman–Crippen MR) is 98.7 cm³/mol. The molecule has 0 aromatic heterocycles. The number of carbonyl (C=O) groups excluding carboxylic acids is 1. The summed E-state index contributed by atoms with van der Waals surface area (Å²) in [5.74, 6) is 0.331. The molecule has 0 unspecified atom stereocenters. The average Bonchev–Trinajstić information content (AvgIpc) is 2.55.